The fraction of sp³-hybridized carbons (Fsp3) is 0.500. The summed E-state index contributed by atoms with van der Waals surface area (Å²) in [7, 11) is 0. The van der Waals surface area contributed by atoms with Crippen LogP contribution in [0.2, 0.25) is 5.02 Å². The molecule has 1 rings (SSSR count). The van der Waals surface area contributed by atoms with Gasteiger partial charge in [-0.2, -0.15) is 11.8 Å². The highest BCUT2D eigenvalue weighted by atomic mass is 35.5. The van der Waals surface area contributed by atoms with Gasteiger partial charge in [0.1, 0.15) is 5.82 Å². The highest BCUT2D eigenvalue weighted by Crippen LogP contribution is 2.20. The Morgan fingerprint density at radius 1 is 1.44 bits per heavy atom. The molecule has 0 fully saturated rings. The topological polar surface area (TPSA) is 20.2 Å². The van der Waals surface area contributed by atoms with Gasteiger partial charge in [-0.1, -0.05) is 37.6 Å². The molecule has 1 nitrogen and oxygen atoms in total. The molecule has 0 saturated heterocycles. The van der Waals surface area contributed by atoms with Gasteiger partial charge < -0.3 is 5.11 Å². The van der Waals surface area contributed by atoms with Crippen molar-refractivity contribution in [1.82, 2.24) is 0 Å². The number of hydrogen-bond donors (Lipinski definition) is 1. The van der Waals surface area contributed by atoms with E-state index in [-0.39, 0.29) is 5.02 Å². The number of benzene rings is 1. The van der Waals surface area contributed by atoms with E-state index in [1.54, 1.807) is 23.9 Å². The zero-order valence-electron chi connectivity index (χ0n) is 9.41. The van der Waals surface area contributed by atoms with Gasteiger partial charge >= 0.3 is 0 Å². The fourth-order valence-corrected chi connectivity index (χ4v) is 2.24. The second kappa shape index (κ2) is 6.48. The first kappa shape index (κ1) is 13.8. The van der Waals surface area contributed by atoms with Gasteiger partial charge in [0.25, 0.3) is 0 Å². The summed E-state index contributed by atoms with van der Waals surface area (Å²) in [6.07, 6.45) is -0.216. The van der Waals surface area contributed by atoms with Crippen LogP contribution in [0.1, 0.15) is 19.4 Å². The average Bonchev–Trinajstić information content (AvgIpc) is 2.22. The molecule has 0 saturated carbocycles. The Bertz CT molecular complexity index is 344. The number of hydrogen-bond acceptors (Lipinski definition) is 2. The molecule has 0 amide bonds. The average molecular weight is 263 g/mol. The van der Waals surface area contributed by atoms with Crippen molar-refractivity contribution in [2.45, 2.75) is 31.6 Å². The molecule has 0 aliphatic heterocycles. The maximum Gasteiger partial charge on any atom is 0.145 e. The van der Waals surface area contributed by atoms with E-state index >= 15 is 0 Å². The van der Waals surface area contributed by atoms with Crippen molar-refractivity contribution >= 4 is 23.4 Å². The van der Waals surface area contributed by atoms with Gasteiger partial charge in [-0.3, -0.25) is 0 Å². The van der Waals surface area contributed by atoms with Crippen molar-refractivity contribution in [1.29, 1.82) is 0 Å². The van der Waals surface area contributed by atoms with Crippen molar-refractivity contribution in [2.75, 3.05) is 5.75 Å². The molecule has 0 aliphatic rings. The molecule has 4 heteroatoms. The summed E-state index contributed by atoms with van der Waals surface area (Å²) in [5.74, 6) is 0.196. The zero-order chi connectivity index (χ0) is 12.1. The summed E-state index contributed by atoms with van der Waals surface area (Å²) in [5.41, 5.74) is 0.476. The van der Waals surface area contributed by atoms with Crippen LogP contribution in [0.3, 0.4) is 0 Å². The minimum Gasteiger partial charge on any atom is -0.392 e. The van der Waals surface area contributed by atoms with Crippen LogP contribution >= 0.6 is 23.4 Å². The molecular formula is C12H16ClFOS. The molecule has 16 heavy (non-hydrogen) atoms. The maximum atomic E-state index is 13.5. The van der Waals surface area contributed by atoms with Crippen molar-refractivity contribution in [2.24, 2.45) is 0 Å². The Morgan fingerprint density at radius 2 is 2.12 bits per heavy atom. The Morgan fingerprint density at radius 3 is 2.75 bits per heavy atom. The van der Waals surface area contributed by atoms with E-state index in [0.717, 1.165) is 0 Å². The van der Waals surface area contributed by atoms with Crippen LogP contribution in [0.4, 0.5) is 4.39 Å². The summed E-state index contributed by atoms with van der Waals surface area (Å²) >= 11 is 7.33. The minimum atomic E-state index is -0.527. The van der Waals surface area contributed by atoms with Crippen LogP contribution in [-0.4, -0.2) is 22.2 Å². The first-order chi connectivity index (χ1) is 7.50. The molecule has 1 aromatic carbocycles. The molecule has 0 spiro atoms. The molecule has 90 valence electrons. The van der Waals surface area contributed by atoms with Crippen LogP contribution in [0.25, 0.3) is 0 Å². The Labute approximate surface area is 105 Å². The van der Waals surface area contributed by atoms with Crippen LogP contribution in [0.15, 0.2) is 18.2 Å². The first-order valence-corrected chi connectivity index (χ1v) is 6.66. The summed E-state index contributed by atoms with van der Waals surface area (Å²) in [6.45, 7) is 4.13. The predicted molar refractivity (Wildman–Crippen MR) is 68.7 cm³/mol. The van der Waals surface area contributed by atoms with Gasteiger partial charge in [0.05, 0.1) is 11.1 Å². The van der Waals surface area contributed by atoms with Gasteiger partial charge in [-0.25, -0.2) is 4.39 Å². The highest BCUT2D eigenvalue weighted by Gasteiger charge is 2.12. The lowest BCUT2D eigenvalue weighted by molar-refractivity contribution is 0.198. The Hall–Kier alpha value is -0.250. The normalized spacial score (nSPS) is 13.1. The van der Waals surface area contributed by atoms with E-state index in [9.17, 15) is 9.50 Å². The van der Waals surface area contributed by atoms with E-state index in [1.807, 2.05) is 0 Å². The second-order valence-electron chi connectivity index (χ2n) is 3.95. The first-order valence-electron chi connectivity index (χ1n) is 5.23. The van der Waals surface area contributed by atoms with Gasteiger partial charge in [0, 0.05) is 12.2 Å². The van der Waals surface area contributed by atoms with Crippen molar-refractivity contribution in [3.63, 3.8) is 0 Å². The summed E-state index contributed by atoms with van der Waals surface area (Å²) in [6, 6.07) is 4.86. The summed E-state index contributed by atoms with van der Waals surface area (Å²) in [4.78, 5) is 0. The lowest BCUT2D eigenvalue weighted by Crippen LogP contribution is -2.15. The molecular weight excluding hydrogens is 247 g/mol. The van der Waals surface area contributed by atoms with Gasteiger partial charge in [-0.05, 0) is 16.9 Å². The second-order valence-corrected chi connectivity index (χ2v) is 5.97. The zero-order valence-corrected chi connectivity index (χ0v) is 11.0. The molecule has 1 N–H and O–H groups in total. The van der Waals surface area contributed by atoms with Crippen LogP contribution < -0.4 is 0 Å². The van der Waals surface area contributed by atoms with Crippen LogP contribution in [0.5, 0.6) is 0 Å². The van der Waals surface area contributed by atoms with Crippen molar-refractivity contribution in [3.8, 4) is 0 Å². The molecule has 0 heterocycles. The fourth-order valence-electron chi connectivity index (χ4n) is 1.32. The molecule has 0 aromatic heterocycles. The number of rotatable bonds is 5. The third kappa shape index (κ3) is 4.32. The van der Waals surface area contributed by atoms with Gasteiger partial charge in [0.15, 0.2) is 0 Å². The molecule has 0 bridgehead atoms. The summed E-state index contributed by atoms with van der Waals surface area (Å²) < 4.78 is 13.5. The van der Waals surface area contributed by atoms with E-state index in [4.69, 9.17) is 11.6 Å². The van der Waals surface area contributed by atoms with Gasteiger partial charge in [-0.15, -0.1) is 0 Å². The monoisotopic (exact) mass is 262 g/mol. The van der Waals surface area contributed by atoms with Crippen LogP contribution in [0, 0.1) is 5.82 Å². The minimum absolute atomic E-state index is 0.112. The summed E-state index contributed by atoms with van der Waals surface area (Å²) in [5, 5.41) is 10.3. The number of aliphatic hydroxyl groups excluding tert-OH is 1. The number of halogens is 2. The Kier molecular flexibility index (Phi) is 5.59. The quantitative estimate of drug-likeness (QED) is 0.876. The highest BCUT2D eigenvalue weighted by molar-refractivity contribution is 7.99. The van der Waals surface area contributed by atoms with E-state index in [1.165, 1.54) is 6.07 Å². The smallest absolute Gasteiger partial charge is 0.145 e. The van der Waals surface area contributed by atoms with Crippen molar-refractivity contribution < 1.29 is 9.50 Å². The van der Waals surface area contributed by atoms with E-state index in [0.29, 0.717) is 23.0 Å². The third-order valence-corrected chi connectivity index (χ3v) is 3.64. The maximum absolute atomic E-state index is 13.5. The molecule has 0 radical (unpaired) electrons. The number of aliphatic hydroxyl groups is 1. The molecule has 0 aliphatic carbocycles. The standard InChI is InChI=1S/C12H16ClFOS/c1-8(2)16-7-10(15)6-9-4-3-5-11(13)12(9)14/h3-5,8,10,15H,6-7H2,1-2H3. The SMILES string of the molecule is CC(C)SCC(O)Cc1cccc(Cl)c1F. The van der Waals surface area contributed by atoms with E-state index < -0.39 is 11.9 Å². The van der Waals surface area contributed by atoms with Crippen LogP contribution in [-0.2, 0) is 6.42 Å². The number of thioether (sulfide) groups is 1. The van der Waals surface area contributed by atoms with Crippen molar-refractivity contribution in [3.05, 3.63) is 34.6 Å². The predicted octanol–water partition coefficient (Wildman–Crippen LogP) is 3.52. The Balaban J connectivity index is 2.56. The molecule has 1 unspecified atom stereocenters. The largest absolute Gasteiger partial charge is 0.392 e. The molecule has 1 aromatic rings. The molecule has 1 atom stereocenters. The van der Waals surface area contributed by atoms with E-state index in [2.05, 4.69) is 13.8 Å². The lowest BCUT2D eigenvalue weighted by atomic mass is 10.1. The van der Waals surface area contributed by atoms with Gasteiger partial charge in [0.2, 0.25) is 0 Å². The third-order valence-electron chi connectivity index (χ3n) is 2.11. The lowest BCUT2D eigenvalue weighted by Gasteiger charge is -2.12.